The second kappa shape index (κ2) is 9.47. The van der Waals surface area contributed by atoms with Crippen molar-refractivity contribution in [2.24, 2.45) is 0 Å². The molecule has 0 spiro atoms. The van der Waals surface area contributed by atoms with Crippen LogP contribution in [0.15, 0.2) is 24.5 Å². The number of amides is 1. The van der Waals surface area contributed by atoms with Crippen LogP contribution in [0.1, 0.15) is 53.5 Å². The van der Waals surface area contributed by atoms with E-state index >= 15 is 0 Å². The van der Waals surface area contributed by atoms with Crippen LogP contribution in [0.5, 0.6) is 0 Å². The molecule has 152 valence electrons. The van der Waals surface area contributed by atoms with Gasteiger partial charge in [0.1, 0.15) is 0 Å². The van der Waals surface area contributed by atoms with Gasteiger partial charge in [-0.15, -0.1) is 11.3 Å². The minimum Gasteiger partial charge on any atom is -0.349 e. The maximum absolute atomic E-state index is 12.1. The van der Waals surface area contributed by atoms with Gasteiger partial charge in [-0.05, 0) is 45.4 Å². The van der Waals surface area contributed by atoms with E-state index in [2.05, 4.69) is 33.6 Å². The first-order valence-electron chi connectivity index (χ1n) is 10.1. The van der Waals surface area contributed by atoms with Gasteiger partial charge in [0.15, 0.2) is 5.13 Å². The van der Waals surface area contributed by atoms with Gasteiger partial charge in [0.25, 0.3) is 5.91 Å². The van der Waals surface area contributed by atoms with Crippen LogP contribution in [0.2, 0.25) is 0 Å². The Hall–Kier alpha value is -1.99. The summed E-state index contributed by atoms with van der Waals surface area (Å²) < 4.78 is 0. The van der Waals surface area contributed by atoms with Crippen molar-refractivity contribution in [3.63, 3.8) is 0 Å². The van der Waals surface area contributed by atoms with Gasteiger partial charge < -0.3 is 9.80 Å². The molecule has 3 rings (SSSR count). The largest absolute Gasteiger partial charge is 0.349 e. The van der Waals surface area contributed by atoms with Crippen LogP contribution in [0.3, 0.4) is 0 Å². The fourth-order valence-corrected chi connectivity index (χ4v) is 4.78. The van der Waals surface area contributed by atoms with E-state index in [4.69, 9.17) is 0 Å². The van der Waals surface area contributed by atoms with Crippen molar-refractivity contribution in [2.45, 2.75) is 39.2 Å². The van der Waals surface area contributed by atoms with Crippen molar-refractivity contribution in [1.82, 2.24) is 19.8 Å². The molecule has 0 radical (unpaired) electrons. The van der Waals surface area contributed by atoms with E-state index < -0.39 is 0 Å². The van der Waals surface area contributed by atoms with Crippen LogP contribution in [0.4, 0.5) is 5.13 Å². The molecule has 3 heterocycles. The van der Waals surface area contributed by atoms with Crippen LogP contribution in [-0.2, 0) is 6.54 Å². The summed E-state index contributed by atoms with van der Waals surface area (Å²) in [4.78, 5) is 29.0. The predicted molar refractivity (Wildman–Crippen MR) is 115 cm³/mol. The summed E-state index contributed by atoms with van der Waals surface area (Å²) in [6, 6.07) is 3.93. The molecule has 1 saturated heterocycles. The van der Waals surface area contributed by atoms with Crippen molar-refractivity contribution < 1.29 is 4.79 Å². The summed E-state index contributed by atoms with van der Waals surface area (Å²) in [7, 11) is 3.53. The highest BCUT2D eigenvalue weighted by Gasteiger charge is 2.23. The maximum atomic E-state index is 12.1. The molecule has 1 atom stereocenters. The average Bonchev–Trinajstić information content (AvgIpc) is 3.17. The molecule has 1 aliphatic rings. The highest BCUT2D eigenvalue weighted by atomic mass is 32.1. The lowest BCUT2D eigenvalue weighted by Crippen LogP contribution is -2.34. The lowest BCUT2D eigenvalue weighted by Gasteiger charge is -2.32. The van der Waals surface area contributed by atoms with E-state index in [0.717, 1.165) is 50.0 Å². The van der Waals surface area contributed by atoms with Crippen LogP contribution >= 0.6 is 11.3 Å². The Morgan fingerprint density at radius 2 is 2.00 bits per heavy atom. The summed E-state index contributed by atoms with van der Waals surface area (Å²) in [6.45, 7) is 9.40. The molecule has 6 nitrogen and oxygen atoms in total. The predicted octanol–water partition coefficient (Wildman–Crippen LogP) is 3.47. The molecule has 1 amide bonds. The zero-order chi connectivity index (χ0) is 20.1. The first kappa shape index (κ1) is 20.7. The lowest BCUT2D eigenvalue weighted by molar-refractivity contribution is 0.0827. The molecule has 1 aliphatic heterocycles. The third-order valence-corrected chi connectivity index (χ3v) is 6.36. The molecule has 0 N–H and O–H groups in total. The van der Waals surface area contributed by atoms with Gasteiger partial charge in [-0.1, -0.05) is 0 Å². The molecule has 1 fully saturated rings. The van der Waals surface area contributed by atoms with Crippen LogP contribution in [0.25, 0.3) is 0 Å². The van der Waals surface area contributed by atoms with Gasteiger partial charge in [0.2, 0.25) is 0 Å². The number of nitrogens with zero attached hydrogens (tertiary/aromatic N) is 5. The lowest BCUT2D eigenvalue weighted by atomic mass is 9.94. The van der Waals surface area contributed by atoms with Crippen molar-refractivity contribution in [2.75, 3.05) is 45.2 Å². The third-order valence-electron chi connectivity index (χ3n) is 5.32. The minimum atomic E-state index is -0.00137. The second-order valence-corrected chi connectivity index (χ2v) is 8.62. The molecule has 2 aromatic heterocycles. The van der Waals surface area contributed by atoms with E-state index in [-0.39, 0.29) is 5.91 Å². The Morgan fingerprint density at radius 1 is 1.21 bits per heavy atom. The van der Waals surface area contributed by atoms with Crippen LogP contribution in [-0.4, -0.2) is 65.9 Å². The second-order valence-electron chi connectivity index (χ2n) is 7.53. The van der Waals surface area contributed by atoms with Gasteiger partial charge in [-0.25, -0.2) is 4.98 Å². The zero-order valence-corrected chi connectivity index (χ0v) is 18.2. The number of piperidine rings is 1. The fourth-order valence-electron chi connectivity index (χ4n) is 3.70. The Morgan fingerprint density at radius 3 is 2.64 bits per heavy atom. The Balaban J connectivity index is 1.62. The molecule has 0 bridgehead atoms. The first-order valence-corrected chi connectivity index (χ1v) is 10.9. The standard InChI is InChI=1S/C21H31N5OS/c1-5-26(6-2)21-23-13-18(28-21)15-25-11-7-8-17(14-25)19-10-9-16(12-22-19)20(27)24(3)4/h9-10,12-13,17H,5-8,11,14-15H2,1-4H3/t17-/m1/s1. The number of likely N-dealkylation sites (tertiary alicyclic amines) is 1. The van der Waals surface area contributed by atoms with E-state index in [0.29, 0.717) is 11.5 Å². The minimum absolute atomic E-state index is 0.00137. The third kappa shape index (κ3) is 4.89. The van der Waals surface area contributed by atoms with Gasteiger partial charge >= 0.3 is 0 Å². The number of aromatic nitrogens is 2. The normalized spacial score (nSPS) is 17.5. The topological polar surface area (TPSA) is 52.6 Å². The Bertz CT molecular complexity index is 769. The number of carbonyl (C=O) groups excluding carboxylic acids is 1. The highest BCUT2D eigenvalue weighted by molar-refractivity contribution is 7.15. The quantitative estimate of drug-likeness (QED) is 0.711. The molecule has 0 unspecified atom stereocenters. The summed E-state index contributed by atoms with van der Waals surface area (Å²) in [5, 5.41) is 1.12. The molecule has 0 saturated carbocycles. The molecule has 2 aromatic rings. The molecular formula is C21H31N5OS. The molecule has 0 aromatic carbocycles. The summed E-state index contributed by atoms with van der Waals surface area (Å²) in [5.74, 6) is 0.422. The molecular weight excluding hydrogens is 370 g/mol. The summed E-state index contributed by atoms with van der Waals surface area (Å²) in [5.41, 5.74) is 1.74. The summed E-state index contributed by atoms with van der Waals surface area (Å²) in [6.07, 6.45) is 6.07. The Labute approximate surface area is 172 Å². The SMILES string of the molecule is CCN(CC)c1ncc(CN2CCC[C@@H](c3ccc(C(=O)N(C)C)cn3)C2)s1. The highest BCUT2D eigenvalue weighted by Crippen LogP contribution is 2.29. The zero-order valence-electron chi connectivity index (χ0n) is 17.4. The van der Waals surface area contributed by atoms with Gasteiger partial charge in [0.05, 0.1) is 5.56 Å². The maximum Gasteiger partial charge on any atom is 0.254 e. The van der Waals surface area contributed by atoms with Crippen LogP contribution in [0, 0.1) is 0 Å². The van der Waals surface area contributed by atoms with Crippen LogP contribution < -0.4 is 4.90 Å². The van der Waals surface area contributed by atoms with Gasteiger partial charge in [-0.3, -0.25) is 14.7 Å². The number of hydrogen-bond acceptors (Lipinski definition) is 6. The van der Waals surface area contributed by atoms with E-state index in [9.17, 15) is 4.79 Å². The molecule has 7 heteroatoms. The van der Waals surface area contributed by atoms with E-state index in [1.54, 1.807) is 36.5 Å². The molecule has 28 heavy (non-hydrogen) atoms. The smallest absolute Gasteiger partial charge is 0.254 e. The first-order chi connectivity index (χ1) is 13.5. The van der Waals surface area contributed by atoms with E-state index in [1.165, 1.54) is 11.3 Å². The number of rotatable bonds is 7. The number of anilines is 1. The average molecular weight is 402 g/mol. The number of pyridine rings is 1. The van der Waals surface area contributed by atoms with Crippen molar-refractivity contribution in [3.8, 4) is 0 Å². The number of thiazole rings is 1. The number of carbonyl (C=O) groups is 1. The Kier molecular flexibility index (Phi) is 7.02. The van der Waals surface area contributed by atoms with Gasteiger partial charge in [0, 0.05) is 69.2 Å². The summed E-state index contributed by atoms with van der Waals surface area (Å²) >= 11 is 1.80. The van der Waals surface area contributed by atoms with Crippen molar-refractivity contribution in [3.05, 3.63) is 40.7 Å². The number of hydrogen-bond donors (Lipinski definition) is 0. The fraction of sp³-hybridized carbons (Fsp3) is 0.571. The van der Waals surface area contributed by atoms with Crippen molar-refractivity contribution in [1.29, 1.82) is 0 Å². The van der Waals surface area contributed by atoms with E-state index in [1.807, 2.05) is 18.3 Å². The molecule has 0 aliphatic carbocycles. The van der Waals surface area contributed by atoms with Crippen molar-refractivity contribution >= 4 is 22.4 Å². The monoisotopic (exact) mass is 401 g/mol. The van der Waals surface area contributed by atoms with Gasteiger partial charge in [-0.2, -0.15) is 0 Å².